The molecule has 22 nitrogen and oxygen atoms in total. The van der Waals surface area contributed by atoms with E-state index in [1.165, 1.54) is 84.9 Å². The Balaban J connectivity index is 0.817. The normalized spacial score (nSPS) is 12.1. The first-order valence-corrected chi connectivity index (χ1v) is 23.8. The number of aromatic hydroxyl groups is 8. The van der Waals surface area contributed by atoms with Crippen LogP contribution >= 0.6 is 0 Å². The quantitative estimate of drug-likeness (QED) is 0.0250. The van der Waals surface area contributed by atoms with Gasteiger partial charge < -0.3 is 61.0 Å². The molecule has 6 aromatic carbocycles. The molecule has 398 valence electrons. The maximum absolute atomic E-state index is 13.4. The number of esters is 2. The fourth-order valence-electron chi connectivity index (χ4n) is 7.73. The van der Waals surface area contributed by atoms with Crippen molar-refractivity contribution in [1.82, 2.24) is 40.6 Å². The van der Waals surface area contributed by atoms with Crippen LogP contribution in [-0.4, -0.2) is 107 Å². The van der Waals surface area contributed by atoms with Crippen molar-refractivity contribution in [1.29, 1.82) is 0 Å². The third-order valence-corrected chi connectivity index (χ3v) is 11.8. The maximum Gasteiger partial charge on any atom is 0.331 e. The van der Waals surface area contributed by atoms with Gasteiger partial charge in [0.05, 0.1) is 38.6 Å². The van der Waals surface area contributed by atoms with Crippen LogP contribution in [0.25, 0.3) is 23.3 Å². The van der Waals surface area contributed by atoms with Gasteiger partial charge in [-0.1, -0.05) is 83.2 Å². The molecular formula is C56H50N8O14. The zero-order valence-corrected chi connectivity index (χ0v) is 41.1. The van der Waals surface area contributed by atoms with Crippen molar-refractivity contribution < 1.29 is 69.5 Å². The molecule has 2 aromatic heterocycles. The zero-order valence-electron chi connectivity index (χ0n) is 41.1. The Morgan fingerprint density at radius 1 is 0.449 bits per heavy atom. The van der Waals surface area contributed by atoms with Gasteiger partial charge in [-0.25, -0.2) is 19.0 Å². The molecule has 0 saturated carbocycles. The van der Waals surface area contributed by atoms with E-state index in [-0.39, 0.29) is 60.4 Å². The first-order valence-electron chi connectivity index (χ1n) is 23.8. The largest absolute Gasteiger partial charge is 0.504 e. The van der Waals surface area contributed by atoms with E-state index in [1.54, 1.807) is 21.8 Å². The number of hydrogen-bond donors (Lipinski definition) is 10. The molecule has 0 radical (unpaired) electrons. The third kappa shape index (κ3) is 14.8. The Kier molecular flexibility index (Phi) is 16.9. The van der Waals surface area contributed by atoms with Crippen molar-refractivity contribution in [3.63, 3.8) is 0 Å². The van der Waals surface area contributed by atoms with Crippen LogP contribution in [0.1, 0.15) is 44.8 Å². The van der Waals surface area contributed by atoms with Crippen LogP contribution in [0.5, 0.6) is 46.0 Å². The summed E-state index contributed by atoms with van der Waals surface area (Å²) in [6, 6.07) is 31.5. The van der Waals surface area contributed by atoms with Crippen molar-refractivity contribution in [3.05, 3.63) is 191 Å². The molecule has 2 amide bonds. The predicted octanol–water partition coefficient (Wildman–Crippen LogP) is 5.25. The van der Waals surface area contributed by atoms with E-state index in [2.05, 4.69) is 31.3 Å². The average molecular weight is 1060 g/mol. The van der Waals surface area contributed by atoms with Gasteiger partial charge in [0.1, 0.15) is 11.4 Å². The zero-order chi connectivity index (χ0) is 55.3. The van der Waals surface area contributed by atoms with Crippen LogP contribution < -0.4 is 10.6 Å². The third-order valence-electron chi connectivity index (χ3n) is 11.8. The first kappa shape index (κ1) is 53.6. The second-order valence-electron chi connectivity index (χ2n) is 17.7. The minimum Gasteiger partial charge on any atom is -0.504 e. The van der Waals surface area contributed by atoms with Gasteiger partial charge in [0, 0.05) is 25.0 Å². The number of phenols is 8. The van der Waals surface area contributed by atoms with Crippen molar-refractivity contribution in [2.75, 3.05) is 0 Å². The SMILES string of the molecule is O=C(/C=C/c1ccc(O)c(O)c1)O[C@H](Cc1ccc(O)c(O)c1)C(=O)NCc1cn(Cc2ccc(-c3ccc(Cn4cc(CNC(=O)[C@@H](Cc5ccc(O)c(O)c5)OC(=O)/C=C/c5ccc(O)c(O)c5)nn4)cc3)cc2)nn1. The van der Waals surface area contributed by atoms with Gasteiger partial charge in [-0.2, -0.15) is 0 Å². The topological polar surface area (TPSA) is 334 Å². The fraction of sp³-hybridized carbons (Fsp3) is 0.143. The van der Waals surface area contributed by atoms with Crippen molar-refractivity contribution in [2.45, 2.75) is 51.2 Å². The second-order valence-corrected chi connectivity index (χ2v) is 17.7. The molecule has 0 fully saturated rings. The van der Waals surface area contributed by atoms with E-state index in [1.807, 2.05) is 48.5 Å². The minimum atomic E-state index is -1.36. The highest BCUT2D eigenvalue weighted by Crippen LogP contribution is 2.29. The number of carbonyl (C=O) groups is 4. The van der Waals surface area contributed by atoms with Crippen molar-refractivity contribution >= 4 is 35.9 Å². The lowest BCUT2D eigenvalue weighted by molar-refractivity contribution is -0.151. The summed E-state index contributed by atoms with van der Waals surface area (Å²) in [5.41, 5.74) is 6.16. The summed E-state index contributed by atoms with van der Waals surface area (Å²) >= 11 is 0. The summed E-state index contributed by atoms with van der Waals surface area (Å²) in [7, 11) is 0. The lowest BCUT2D eigenvalue weighted by atomic mass is 10.0. The summed E-state index contributed by atoms with van der Waals surface area (Å²) in [4.78, 5) is 52.5. The van der Waals surface area contributed by atoms with Crippen LogP contribution in [0.2, 0.25) is 0 Å². The summed E-state index contributed by atoms with van der Waals surface area (Å²) in [5, 5.41) is 100. The highest BCUT2D eigenvalue weighted by molar-refractivity contribution is 5.91. The standard InChI is InChI=1S/C56H50N8O14/c65-43-15-5-33(21-47(43)69)9-19-53(73)77-51(25-37-7-17-45(67)49(71)23-37)55(75)57-27-41-31-63(61-59-41)29-35-1-11-39(12-2-35)40-13-3-36(4-14-40)30-64-32-42(60-62-64)28-58-56(76)52(26-38-8-18-46(68)50(72)24-38)78-54(74)20-10-34-6-16-44(66)48(70)22-34/h1-24,31-32,51-52,65-72H,25-30H2,(H,57,75)(H,58,76)/b19-9+,20-10+/t51-,52-/m1/s1. The molecule has 8 rings (SSSR count). The van der Waals surface area contributed by atoms with Crippen molar-refractivity contribution in [3.8, 4) is 57.1 Å². The number of phenolic OH excluding ortho intramolecular Hbond substituents is 8. The molecule has 22 heteroatoms. The molecule has 0 aliphatic heterocycles. The van der Waals surface area contributed by atoms with Gasteiger partial charge in [-0.05, 0) is 105 Å². The molecule has 2 atom stereocenters. The predicted molar refractivity (Wildman–Crippen MR) is 278 cm³/mol. The monoisotopic (exact) mass is 1060 g/mol. The number of benzene rings is 6. The minimum absolute atomic E-state index is 0.0568. The van der Waals surface area contributed by atoms with E-state index >= 15 is 0 Å². The number of aromatic nitrogens is 6. The number of nitrogens with zero attached hydrogens (tertiary/aromatic N) is 6. The lowest BCUT2D eigenvalue weighted by Crippen LogP contribution is -2.38. The van der Waals surface area contributed by atoms with Crippen LogP contribution in [0, 0.1) is 0 Å². The van der Waals surface area contributed by atoms with E-state index in [0.29, 0.717) is 46.7 Å². The summed E-state index contributed by atoms with van der Waals surface area (Å²) < 4.78 is 14.2. The van der Waals surface area contributed by atoms with Gasteiger partial charge in [-0.15, -0.1) is 10.2 Å². The Bertz CT molecular complexity index is 3290. The molecule has 10 N–H and O–H groups in total. The van der Waals surface area contributed by atoms with E-state index in [0.717, 1.165) is 34.4 Å². The molecular weight excluding hydrogens is 1010 g/mol. The number of nitrogens with one attached hydrogen (secondary N) is 2. The summed E-state index contributed by atoms with van der Waals surface area (Å²) in [6.07, 6.45) is 5.10. The van der Waals surface area contributed by atoms with Crippen LogP contribution in [0.15, 0.2) is 146 Å². The van der Waals surface area contributed by atoms with E-state index < -0.39 is 47.5 Å². The molecule has 8 aromatic rings. The van der Waals surface area contributed by atoms with Crippen LogP contribution in [0.3, 0.4) is 0 Å². The molecule has 0 aliphatic rings. The number of rotatable bonds is 21. The highest BCUT2D eigenvalue weighted by atomic mass is 16.6. The fourth-order valence-corrected chi connectivity index (χ4v) is 7.73. The van der Waals surface area contributed by atoms with Crippen LogP contribution in [0.4, 0.5) is 0 Å². The Hall–Kier alpha value is -10.6. The Labute approximate surface area is 443 Å². The first-order chi connectivity index (χ1) is 37.5. The van der Waals surface area contributed by atoms with Gasteiger partial charge in [0.15, 0.2) is 58.2 Å². The Morgan fingerprint density at radius 3 is 1.15 bits per heavy atom. The number of amides is 2. The summed E-state index contributed by atoms with van der Waals surface area (Å²) in [6.45, 7) is 0.622. The number of carbonyl (C=O) groups excluding carboxylic acids is 4. The van der Waals surface area contributed by atoms with Crippen LogP contribution in [-0.2, 0) is 67.7 Å². The number of hydrogen-bond acceptors (Lipinski definition) is 18. The molecule has 0 spiro atoms. The Morgan fingerprint density at radius 2 is 0.795 bits per heavy atom. The van der Waals surface area contributed by atoms with Gasteiger partial charge in [0.25, 0.3) is 11.8 Å². The molecule has 0 saturated heterocycles. The van der Waals surface area contributed by atoms with E-state index in [4.69, 9.17) is 9.47 Å². The summed E-state index contributed by atoms with van der Waals surface area (Å²) in [5.74, 6) is -6.08. The highest BCUT2D eigenvalue weighted by Gasteiger charge is 2.25. The van der Waals surface area contributed by atoms with Gasteiger partial charge in [-0.3, -0.25) is 9.59 Å². The second kappa shape index (κ2) is 24.6. The van der Waals surface area contributed by atoms with Crippen molar-refractivity contribution in [2.24, 2.45) is 0 Å². The average Bonchev–Trinajstić information content (AvgIpc) is 4.09. The van der Waals surface area contributed by atoms with Gasteiger partial charge in [0.2, 0.25) is 0 Å². The smallest absolute Gasteiger partial charge is 0.331 e. The molecule has 0 bridgehead atoms. The molecule has 0 aliphatic carbocycles. The maximum atomic E-state index is 13.4. The lowest BCUT2D eigenvalue weighted by Gasteiger charge is -2.17. The van der Waals surface area contributed by atoms with E-state index in [9.17, 15) is 60.0 Å². The molecule has 2 heterocycles. The number of ether oxygens (including phenoxy) is 2. The molecule has 78 heavy (non-hydrogen) atoms. The van der Waals surface area contributed by atoms with Gasteiger partial charge >= 0.3 is 11.9 Å². The molecule has 0 unspecified atom stereocenters.